The molecule has 0 spiro atoms. The number of aryl methyl sites for hydroxylation is 3. The minimum absolute atomic E-state index is 0.0666. The smallest absolute Gasteiger partial charge is 0.260 e. The van der Waals surface area contributed by atoms with E-state index in [-0.39, 0.29) is 12.5 Å². The van der Waals surface area contributed by atoms with Gasteiger partial charge < -0.3 is 14.2 Å². The number of nitrogens with zero attached hydrogens (tertiary/aromatic N) is 4. The molecule has 1 aromatic carbocycles. The minimum Gasteiger partial charge on any atom is -0.484 e. The SMILES string of the molecule is Cn1cnnc1C1CCN(C(=O)COc2ccc3c(c2)CCC3)CC1. The van der Waals surface area contributed by atoms with Crippen molar-refractivity contribution in [2.45, 2.75) is 38.0 Å². The van der Waals surface area contributed by atoms with E-state index < -0.39 is 0 Å². The Hall–Kier alpha value is -2.37. The highest BCUT2D eigenvalue weighted by Crippen LogP contribution is 2.27. The van der Waals surface area contributed by atoms with Crippen LogP contribution in [0.1, 0.15) is 42.1 Å². The molecule has 1 aliphatic heterocycles. The number of hydrogen-bond acceptors (Lipinski definition) is 4. The summed E-state index contributed by atoms with van der Waals surface area (Å²) in [5.74, 6) is 2.27. The van der Waals surface area contributed by atoms with E-state index in [9.17, 15) is 4.79 Å². The van der Waals surface area contributed by atoms with Crippen LogP contribution in [0.2, 0.25) is 0 Å². The van der Waals surface area contributed by atoms with Gasteiger partial charge in [-0.1, -0.05) is 6.07 Å². The van der Waals surface area contributed by atoms with E-state index in [1.54, 1.807) is 6.33 Å². The second-order valence-electron chi connectivity index (χ2n) is 7.03. The average Bonchev–Trinajstić information content (AvgIpc) is 3.28. The van der Waals surface area contributed by atoms with Gasteiger partial charge in [-0.2, -0.15) is 0 Å². The number of hydrogen-bond donors (Lipinski definition) is 0. The maximum absolute atomic E-state index is 12.4. The molecule has 4 rings (SSSR count). The Balaban J connectivity index is 1.28. The van der Waals surface area contributed by atoms with Crippen LogP contribution in [0.5, 0.6) is 5.75 Å². The minimum atomic E-state index is 0.0666. The quantitative estimate of drug-likeness (QED) is 0.855. The Kier molecular flexibility index (Phi) is 4.42. The van der Waals surface area contributed by atoms with Gasteiger partial charge in [0.15, 0.2) is 6.61 Å². The predicted molar refractivity (Wildman–Crippen MR) is 93.5 cm³/mol. The lowest BCUT2D eigenvalue weighted by Crippen LogP contribution is -2.40. The monoisotopic (exact) mass is 340 g/mol. The summed E-state index contributed by atoms with van der Waals surface area (Å²) in [6.07, 6.45) is 7.09. The lowest BCUT2D eigenvalue weighted by Gasteiger charge is -2.31. The van der Waals surface area contributed by atoms with Crippen molar-refractivity contribution >= 4 is 5.91 Å². The van der Waals surface area contributed by atoms with Crippen LogP contribution in [0.25, 0.3) is 0 Å². The molecule has 0 N–H and O–H groups in total. The first-order valence-corrected chi connectivity index (χ1v) is 9.07. The number of ether oxygens (including phenoxy) is 1. The van der Waals surface area contributed by atoms with E-state index in [2.05, 4.69) is 22.3 Å². The van der Waals surface area contributed by atoms with Gasteiger partial charge in [-0.05, 0) is 55.4 Å². The number of fused-ring (bicyclic) bond motifs is 1. The fourth-order valence-corrected chi connectivity index (χ4v) is 3.92. The molecule has 0 saturated carbocycles. The van der Waals surface area contributed by atoms with Gasteiger partial charge in [0.25, 0.3) is 5.91 Å². The Morgan fingerprint density at radius 1 is 1.24 bits per heavy atom. The Labute approximate surface area is 147 Å². The molecule has 0 bridgehead atoms. The lowest BCUT2D eigenvalue weighted by atomic mass is 9.96. The van der Waals surface area contributed by atoms with Crippen molar-refractivity contribution in [1.82, 2.24) is 19.7 Å². The molecule has 6 nitrogen and oxygen atoms in total. The Morgan fingerprint density at radius 2 is 2.04 bits per heavy atom. The molecule has 0 unspecified atom stereocenters. The van der Waals surface area contributed by atoms with Crippen LogP contribution in [0.15, 0.2) is 24.5 Å². The molecular formula is C19H24N4O2. The molecule has 132 valence electrons. The number of piperidine rings is 1. The van der Waals surface area contributed by atoms with E-state index >= 15 is 0 Å². The third-order valence-electron chi connectivity index (χ3n) is 5.39. The summed E-state index contributed by atoms with van der Waals surface area (Å²) < 4.78 is 7.72. The van der Waals surface area contributed by atoms with Crippen LogP contribution >= 0.6 is 0 Å². The zero-order chi connectivity index (χ0) is 17.2. The van der Waals surface area contributed by atoms with Gasteiger partial charge >= 0.3 is 0 Å². The summed E-state index contributed by atoms with van der Waals surface area (Å²) in [6.45, 7) is 1.63. The van der Waals surface area contributed by atoms with Gasteiger partial charge in [0.2, 0.25) is 0 Å². The van der Waals surface area contributed by atoms with Gasteiger partial charge in [-0.15, -0.1) is 10.2 Å². The van der Waals surface area contributed by atoms with Crippen LogP contribution in [0, 0.1) is 0 Å². The largest absolute Gasteiger partial charge is 0.484 e. The summed E-state index contributed by atoms with van der Waals surface area (Å²) in [5, 5.41) is 8.15. The van der Waals surface area contributed by atoms with Crippen molar-refractivity contribution in [2.75, 3.05) is 19.7 Å². The third-order valence-corrected chi connectivity index (χ3v) is 5.39. The van der Waals surface area contributed by atoms with Crippen LogP contribution in [0.4, 0.5) is 0 Å². The van der Waals surface area contributed by atoms with Gasteiger partial charge in [-0.3, -0.25) is 4.79 Å². The number of aromatic nitrogens is 3. The summed E-state index contributed by atoms with van der Waals surface area (Å²) in [6, 6.07) is 6.21. The Morgan fingerprint density at radius 3 is 2.80 bits per heavy atom. The molecule has 2 heterocycles. The second kappa shape index (κ2) is 6.86. The molecule has 1 saturated heterocycles. The maximum Gasteiger partial charge on any atom is 0.260 e. The zero-order valence-electron chi connectivity index (χ0n) is 14.6. The number of amides is 1. The molecule has 2 aliphatic rings. The van der Waals surface area contributed by atoms with Gasteiger partial charge in [-0.25, -0.2) is 0 Å². The van der Waals surface area contributed by atoms with E-state index in [1.165, 1.54) is 17.5 Å². The highest BCUT2D eigenvalue weighted by molar-refractivity contribution is 5.77. The van der Waals surface area contributed by atoms with Crippen molar-refractivity contribution in [3.05, 3.63) is 41.5 Å². The topological polar surface area (TPSA) is 60.2 Å². The first kappa shape index (κ1) is 16.1. The Bertz CT molecular complexity index is 763. The van der Waals surface area contributed by atoms with E-state index in [1.807, 2.05) is 22.6 Å². The molecule has 1 aromatic heterocycles. The number of rotatable bonds is 4. The fraction of sp³-hybridized carbons (Fsp3) is 0.526. The fourth-order valence-electron chi connectivity index (χ4n) is 3.92. The number of carbonyl (C=O) groups excluding carboxylic acids is 1. The first-order chi connectivity index (χ1) is 12.2. The summed E-state index contributed by atoms with van der Waals surface area (Å²) >= 11 is 0. The highest BCUT2D eigenvalue weighted by Gasteiger charge is 2.26. The molecule has 0 radical (unpaired) electrons. The van der Waals surface area contributed by atoms with Crippen molar-refractivity contribution in [3.63, 3.8) is 0 Å². The van der Waals surface area contributed by atoms with E-state index in [4.69, 9.17) is 4.74 Å². The number of likely N-dealkylation sites (tertiary alicyclic amines) is 1. The lowest BCUT2D eigenvalue weighted by molar-refractivity contribution is -0.134. The summed E-state index contributed by atoms with van der Waals surface area (Å²) in [7, 11) is 1.97. The molecule has 0 atom stereocenters. The predicted octanol–water partition coefficient (Wildman–Crippen LogP) is 2.09. The molecule has 6 heteroatoms. The van der Waals surface area contributed by atoms with Gasteiger partial charge in [0.05, 0.1) is 0 Å². The van der Waals surface area contributed by atoms with Gasteiger partial charge in [0.1, 0.15) is 17.9 Å². The van der Waals surface area contributed by atoms with Gasteiger partial charge in [0, 0.05) is 26.1 Å². The molecule has 25 heavy (non-hydrogen) atoms. The number of carbonyl (C=O) groups is 1. The van der Waals surface area contributed by atoms with Crippen LogP contribution < -0.4 is 4.74 Å². The van der Waals surface area contributed by atoms with Crippen molar-refractivity contribution < 1.29 is 9.53 Å². The highest BCUT2D eigenvalue weighted by atomic mass is 16.5. The van der Waals surface area contributed by atoms with E-state index in [0.717, 1.165) is 50.3 Å². The number of benzene rings is 1. The maximum atomic E-state index is 12.4. The van der Waals surface area contributed by atoms with E-state index in [0.29, 0.717) is 5.92 Å². The third kappa shape index (κ3) is 3.38. The van der Waals surface area contributed by atoms with Crippen molar-refractivity contribution in [2.24, 2.45) is 7.05 Å². The van der Waals surface area contributed by atoms with Crippen molar-refractivity contribution in [3.8, 4) is 5.75 Å². The average molecular weight is 340 g/mol. The van der Waals surface area contributed by atoms with Crippen LogP contribution in [-0.2, 0) is 24.7 Å². The van der Waals surface area contributed by atoms with Crippen molar-refractivity contribution in [1.29, 1.82) is 0 Å². The summed E-state index contributed by atoms with van der Waals surface area (Å²) in [5.41, 5.74) is 2.79. The zero-order valence-corrected chi connectivity index (χ0v) is 14.6. The molecule has 1 aliphatic carbocycles. The molecule has 1 amide bonds. The van der Waals surface area contributed by atoms with Crippen LogP contribution in [0.3, 0.4) is 0 Å². The second-order valence-corrected chi connectivity index (χ2v) is 7.03. The first-order valence-electron chi connectivity index (χ1n) is 9.07. The molecule has 1 fully saturated rings. The standard InChI is InChI=1S/C19H24N4O2/c1-22-13-20-21-19(22)15-7-9-23(10-8-15)18(24)12-25-17-6-5-14-3-2-4-16(14)11-17/h5-6,11,13,15H,2-4,7-10,12H2,1H3. The normalized spacial score (nSPS) is 17.6. The summed E-state index contributed by atoms with van der Waals surface area (Å²) in [4.78, 5) is 14.3. The van der Waals surface area contributed by atoms with Crippen LogP contribution in [-0.4, -0.2) is 45.3 Å². The molecular weight excluding hydrogens is 316 g/mol. The molecule has 2 aromatic rings.